The second-order valence-electron chi connectivity index (χ2n) is 4.57. The van der Waals surface area contributed by atoms with Crippen LogP contribution < -0.4 is 4.73 Å². The van der Waals surface area contributed by atoms with E-state index < -0.39 is 14.5 Å². The molecular weight excluding hydrogens is 298 g/mol. The largest absolute Gasteiger partial charge is 0.618 e. The van der Waals surface area contributed by atoms with Gasteiger partial charge in [-0.1, -0.05) is 29.8 Å². The summed E-state index contributed by atoms with van der Waals surface area (Å²) in [5, 5.41) is 11.3. The number of alkyl halides is 1. The molecule has 0 fully saturated rings. The Hall–Kier alpha value is -1.59. The second-order valence-corrected chi connectivity index (χ2v) is 7.24. The maximum absolute atomic E-state index is 12.4. The third-order valence-corrected chi connectivity index (χ3v) is 5.82. The molecular formula is C14H14ClNO3S. The van der Waals surface area contributed by atoms with E-state index in [1.807, 2.05) is 19.9 Å². The van der Waals surface area contributed by atoms with Gasteiger partial charge in [0.15, 0.2) is 10.9 Å². The average Bonchev–Trinajstić information content (AvgIpc) is 2.41. The SMILES string of the molecule is Cc1ccc(C(Cl)S(=O)(=O)c2cccc[n+]2[O-])cc1C. The number of halogens is 1. The van der Waals surface area contributed by atoms with Crippen LogP contribution in [-0.4, -0.2) is 8.42 Å². The molecule has 1 aromatic carbocycles. The van der Waals surface area contributed by atoms with E-state index in [0.717, 1.165) is 17.3 Å². The summed E-state index contributed by atoms with van der Waals surface area (Å²) in [6.45, 7) is 3.81. The van der Waals surface area contributed by atoms with Gasteiger partial charge in [0.1, 0.15) is 0 Å². The summed E-state index contributed by atoms with van der Waals surface area (Å²) in [5.41, 5.74) is 2.46. The molecule has 0 N–H and O–H groups in total. The van der Waals surface area contributed by atoms with Crippen molar-refractivity contribution in [1.29, 1.82) is 0 Å². The molecule has 1 atom stereocenters. The Bertz CT molecular complexity index is 744. The minimum absolute atomic E-state index is 0.311. The monoisotopic (exact) mass is 311 g/mol. The van der Waals surface area contributed by atoms with E-state index in [1.165, 1.54) is 18.2 Å². The molecule has 0 aliphatic rings. The third-order valence-electron chi connectivity index (χ3n) is 3.15. The molecule has 0 saturated carbocycles. The van der Waals surface area contributed by atoms with Crippen molar-refractivity contribution in [2.75, 3.05) is 0 Å². The maximum atomic E-state index is 12.4. The van der Waals surface area contributed by atoms with Crippen LogP contribution in [-0.2, 0) is 9.84 Å². The normalized spacial score (nSPS) is 13.2. The molecule has 2 rings (SSSR count). The number of hydrogen-bond donors (Lipinski definition) is 0. The lowest BCUT2D eigenvalue weighted by molar-refractivity contribution is -0.646. The van der Waals surface area contributed by atoms with Crippen LogP contribution in [0.25, 0.3) is 0 Å². The summed E-state index contributed by atoms with van der Waals surface area (Å²) in [5.74, 6) is 0. The van der Waals surface area contributed by atoms with Gasteiger partial charge in [0.2, 0.25) is 0 Å². The summed E-state index contributed by atoms with van der Waals surface area (Å²) in [7, 11) is -3.94. The van der Waals surface area contributed by atoms with Crippen molar-refractivity contribution in [2.24, 2.45) is 0 Å². The van der Waals surface area contributed by atoms with Crippen LogP contribution in [0.15, 0.2) is 47.6 Å². The average molecular weight is 312 g/mol. The second kappa shape index (κ2) is 5.42. The molecule has 0 spiro atoms. The zero-order chi connectivity index (χ0) is 14.9. The molecule has 1 aromatic heterocycles. The quantitative estimate of drug-likeness (QED) is 0.497. The van der Waals surface area contributed by atoms with E-state index in [4.69, 9.17) is 11.6 Å². The molecule has 0 amide bonds. The minimum atomic E-state index is -3.94. The van der Waals surface area contributed by atoms with Crippen molar-refractivity contribution in [1.82, 2.24) is 0 Å². The lowest BCUT2D eigenvalue weighted by atomic mass is 10.1. The Labute approximate surface area is 123 Å². The van der Waals surface area contributed by atoms with E-state index in [2.05, 4.69) is 0 Å². The van der Waals surface area contributed by atoms with Gasteiger partial charge in [-0.2, -0.15) is 4.73 Å². The molecule has 2 aromatic rings. The first-order valence-electron chi connectivity index (χ1n) is 5.97. The van der Waals surface area contributed by atoms with Crippen LogP contribution in [0.4, 0.5) is 0 Å². The van der Waals surface area contributed by atoms with Gasteiger partial charge in [-0.05, 0) is 36.6 Å². The van der Waals surface area contributed by atoms with Crippen molar-refractivity contribution in [3.63, 3.8) is 0 Å². The van der Waals surface area contributed by atoms with Gasteiger partial charge in [0.05, 0.1) is 0 Å². The lowest BCUT2D eigenvalue weighted by Gasteiger charge is -2.12. The minimum Gasteiger partial charge on any atom is -0.618 e. The first-order chi connectivity index (χ1) is 9.34. The number of aryl methyl sites for hydroxylation is 2. The molecule has 6 heteroatoms. The molecule has 0 bridgehead atoms. The number of aromatic nitrogens is 1. The summed E-state index contributed by atoms with van der Waals surface area (Å²) < 4.78 is 23.8. The maximum Gasteiger partial charge on any atom is 0.310 e. The van der Waals surface area contributed by atoms with E-state index >= 15 is 0 Å². The predicted octanol–water partition coefficient (Wildman–Crippen LogP) is 2.65. The fraction of sp³-hybridized carbons (Fsp3) is 0.214. The van der Waals surface area contributed by atoms with Crippen molar-refractivity contribution >= 4 is 21.4 Å². The summed E-state index contributed by atoms with van der Waals surface area (Å²) >= 11 is 6.09. The number of pyridine rings is 1. The summed E-state index contributed by atoms with van der Waals surface area (Å²) in [4.78, 5) is 0. The van der Waals surface area contributed by atoms with Gasteiger partial charge in [0, 0.05) is 12.1 Å². The van der Waals surface area contributed by atoms with Gasteiger partial charge in [0.25, 0.3) is 9.84 Å². The Balaban J connectivity index is 2.49. The molecule has 0 aliphatic heterocycles. The van der Waals surface area contributed by atoms with Crippen LogP contribution in [0.3, 0.4) is 0 Å². The van der Waals surface area contributed by atoms with Crippen molar-refractivity contribution < 1.29 is 13.1 Å². The first-order valence-corrected chi connectivity index (χ1v) is 7.95. The summed E-state index contributed by atoms with van der Waals surface area (Å²) in [6, 6.07) is 9.40. The highest BCUT2D eigenvalue weighted by atomic mass is 35.5. The van der Waals surface area contributed by atoms with Gasteiger partial charge in [-0.15, -0.1) is 0 Å². The number of rotatable bonds is 3. The van der Waals surface area contributed by atoms with Crippen LogP contribution in [0.5, 0.6) is 0 Å². The third kappa shape index (κ3) is 2.64. The lowest BCUT2D eigenvalue weighted by Crippen LogP contribution is -2.34. The van der Waals surface area contributed by atoms with Crippen LogP contribution in [0.1, 0.15) is 21.4 Å². The fourth-order valence-electron chi connectivity index (χ4n) is 1.82. The fourth-order valence-corrected chi connectivity index (χ4v) is 3.53. The smallest absolute Gasteiger partial charge is 0.310 e. The molecule has 0 saturated heterocycles. The number of sulfone groups is 1. The molecule has 1 heterocycles. The predicted molar refractivity (Wildman–Crippen MR) is 77.1 cm³/mol. The van der Waals surface area contributed by atoms with E-state index in [9.17, 15) is 13.6 Å². The number of hydrogen-bond acceptors (Lipinski definition) is 3. The van der Waals surface area contributed by atoms with Crippen LogP contribution >= 0.6 is 11.6 Å². The number of benzene rings is 1. The van der Waals surface area contributed by atoms with Crippen molar-refractivity contribution in [3.05, 3.63) is 64.5 Å². The van der Waals surface area contributed by atoms with Gasteiger partial charge in [-0.25, -0.2) is 8.42 Å². The molecule has 20 heavy (non-hydrogen) atoms. The molecule has 1 unspecified atom stereocenters. The van der Waals surface area contributed by atoms with E-state index in [0.29, 0.717) is 10.3 Å². The highest BCUT2D eigenvalue weighted by Crippen LogP contribution is 2.31. The first kappa shape index (κ1) is 14.8. The van der Waals surface area contributed by atoms with Gasteiger partial charge < -0.3 is 5.21 Å². The van der Waals surface area contributed by atoms with E-state index in [-0.39, 0.29) is 5.03 Å². The zero-order valence-electron chi connectivity index (χ0n) is 11.1. The molecule has 0 aliphatic carbocycles. The Morgan fingerprint density at radius 3 is 2.45 bits per heavy atom. The Morgan fingerprint density at radius 2 is 1.85 bits per heavy atom. The van der Waals surface area contributed by atoms with Gasteiger partial charge in [-0.3, -0.25) is 0 Å². The number of nitrogens with zero attached hydrogens (tertiary/aromatic N) is 1. The van der Waals surface area contributed by atoms with Crippen LogP contribution in [0.2, 0.25) is 0 Å². The Kier molecular flexibility index (Phi) is 4.01. The van der Waals surface area contributed by atoms with Gasteiger partial charge >= 0.3 is 5.03 Å². The molecule has 4 nitrogen and oxygen atoms in total. The highest BCUT2D eigenvalue weighted by molar-refractivity contribution is 7.92. The standard InChI is InChI=1S/C14H14ClNO3S/c1-10-6-7-12(9-11(10)2)14(15)20(18,19)13-5-3-4-8-16(13)17/h3-9,14H,1-2H3. The Morgan fingerprint density at radius 1 is 1.15 bits per heavy atom. The highest BCUT2D eigenvalue weighted by Gasteiger charge is 2.33. The van der Waals surface area contributed by atoms with Crippen molar-refractivity contribution in [2.45, 2.75) is 23.6 Å². The zero-order valence-corrected chi connectivity index (χ0v) is 12.6. The summed E-state index contributed by atoms with van der Waals surface area (Å²) in [6.07, 6.45) is 1.14. The molecule has 0 radical (unpaired) electrons. The van der Waals surface area contributed by atoms with Crippen LogP contribution in [0, 0.1) is 19.1 Å². The topological polar surface area (TPSA) is 61.1 Å². The van der Waals surface area contributed by atoms with Crippen molar-refractivity contribution in [3.8, 4) is 0 Å². The molecule has 106 valence electrons. The van der Waals surface area contributed by atoms with E-state index in [1.54, 1.807) is 12.1 Å².